The molecule has 0 aliphatic rings. The highest BCUT2D eigenvalue weighted by molar-refractivity contribution is 5.74. The summed E-state index contributed by atoms with van der Waals surface area (Å²) in [5.41, 5.74) is -1.74. The molecule has 2 unspecified atom stereocenters. The smallest absolute Gasteiger partial charge is 0.219 e. The molecule has 88 valence electrons. The number of rotatable bonds is 4. The van der Waals surface area contributed by atoms with Gasteiger partial charge in [0.15, 0.2) is 5.72 Å². The van der Waals surface area contributed by atoms with Crippen LogP contribution in [0.5, 0.6) is 0 Å². The van der Waals surface area contributed by atoms with Crippen LogP contribution in [0.25, 0.3) is 0 Å². The van der Waals surface area contributed by atoms with Gasteiger partial charge in [0.25, 0.3) is 0 Å². The first-order chi connectivity index (χ1) is 6.66. The van der Waals surface area contributed by atoms with Crippen molar-refractivity contribution in [2.45, 2.75) is 32.6 Å². The molecule has 0 fully saturated rings. The van der Waals surface area contributed by atoms with Gasteiger partial charge in [-0.2, -0.15) is 0 Å². The number of amides is 2. The highest BCUT2D eigenvalue weighted by Gasteiger charge is 2.32. The fourth-order valence-corrected chi connectivity index (χ4v) is 1.01. The van der Waals surface area contributed by atoms with E-state index >= 15 is 0 Å². The quantitative estimate of drug-likeness (QED) is 0.510. The average Bonchev–Trinajstić information content (AvgIpc) is 2.01. The third-order valence-corrected chi connectivity index (χ3v) is 2.06. The van der Waals surface area contributed by atoms with E-state index < -0.39 is 17.7 Å². The minimum absolute atomic E-state index is 0.0530. The Morgan fingerprint density at radius 3 is 2.27 bits per heavy atom. The molecule has 3 N–H and O–H groups in total. The summed E-state index contributed by atoms with van der Waals surface area (Å²) in [6, 6.07) is 0. The average molecular weight is 218 g/mol. The number of likely N-dealkylation sites (N-methyl/N-ethyl adjacent to an activating group) is 1. The minimum atomic E-state index is -1.74. The minimum Gasteiger partial charge on any atom is -0.386 e. The molecule has 0 aliphatic heterocycles. The Morgan fingerprint density at radius 1 is 1.47 bits per heavy atom. The van der Waals surface area contributed by atoms with Crippen LogP contribution >= 0.6 is 0 Å². The lowest BCUT2D eigenvalue weighted by Gasteiger charge is -2.31. The zero-order valence-corrected chi connectivity index (χ0v) is 9.44. The third-order valence-electron chi connectivity index (χ3n) is 2.06. The van der Waals surface area contributed by atoms with Crippen LogP contribution in [0.1, 0.15) is 20.8 Å². The maximum atomic E-state index is 10.9. The number of hydrogen-bond donors (Lipinski definition) is 3. The second kappa shape index (κ2) is 5.09. The van der Waals surface area contributed by atoms with Crippen molar-refractivity contribution in [3.63, 3.8) is 0 Å². The van der Waals surface area contributed by atoms with Crippen LogP contribution in [0.3, 0.4) is 0 Å². The molecule has 0 radical (unpaired) electrons. The largest absolute Gasteiger partial charge is 0.386 e. The Labute approximate surface area is 88.9 Å². The third kappa shape index (κ3) is 4.75. The normalized spacial score (nSPS) is 16.4. The van der Waals surface area contributed by atoms with E-state index in [0.717, 1.165) is 0 Å². The lowest BCUT2D eigenvalue weighted by atomic mass is 10.1. The molecule has 0 spiro atoms. The predicted octanol–water partition coefficient (Wildman–Crippen LogP) is -1.33. The molecule has 6 nitrogen and oxygen atoms in total. The van der Waals surface area contributed by atoms with Gasteiger partial charge in [-0.3, -0.25) is 9.59 Å². The van der Waals surface area contributed by atoms with Crippen LogP contribution in [0, 0.1) is 0 Å². The second-order valence-electron chi connectivity index (χ2n) is 3.74. The molecule has 2 atom stereocenters. The summed E-state index contributed by atoms with van der Waals surface area (Å²) in [5.74, 6) is -0.683. The highest BCUT2D eigenvalue weighted by Crippen LogP contribution is 2.07. The van der Waals surface area contributed by atoms with Crippen molar-refractivity contribution >= 4 is 11.8 Å². The Balaban J connectivity index is 4.36. The number of aliphatic hydroxyl groups excluding tert-OH is 1. The maximum Gasteiger partial charge on any atom is 0.219 e. The second-order valence-corrected chi connectivity index (χ2v) is 3.74. The molecule has 0 heterocycles. The van der Waals surface area contributed by atoms with Gasteiger partial charge in [-0.15, -0.1) is 0 Å². The summed E-state index contributed by atoms with van der Waals surface area (Å²) in [6.45, 7) is 3.80. The Morgan fingerprint density at radius 2 is 1.93 bits per heavy atom. The number of hydrogen-bond acceptors (Lipinski definition) is 4. The van der Waals surface area contributed by atoms with Crippen molar-refractivity contribution < 1.29 is 19.8 Å². The van der Waals surface area contributed by atoms with Crippen LogP contribution in [-0.2, 0) is 9.59 Å². The topological polar surface area (TPSA) is 89.9 Å². The van der Waals surface area contributed by atoms with E-state index in [1.54, 1.807) is 0 Å². The standard InChI is InChI=1S/C9H18N2O4/c1-6(12)10-9(3,15)8(14)5-11(4)7(2)13/h8,14-15H,5H2,1-4H3,(H,10,12). The zero-order valence-electron chi connectivity index (χ0n) is 9.44. The molecule has 0 bridgehead atoms. The van der Waals surface area contributed by atoms with Crippen LogP contribution in [0.4, 0.5) is 0 Å². The SMILES string of the molecule is CC(=O)NC(C)(O)C(O)CN(C)C(C)=O. The molecule has 0 saturated heterocycles. The van der Waals surface area contributed by atoms with E-state index in [1.165, 1.54) is 32.7 Å². The van der Waals surface area contributed by atoms with Crippen LogP contribution in [-0.4, -0.2) is 52.3 Å². The van der Waals surface area contributed by atoms with Crippen LogP contribution in [0.15, 0.2) is 0 Å². The van der Waals surface area contributed by atoms with Crippen molar-refractivity contribution in [1.29, 1.82) is 0 Å². The lowest BCUT2D eigenvalue weighted by molar-refractivity contribution is -0.141. The van der Waals surface area contributed by atoms with E-state index in [9.17, 15) is 19.8 Å². The van der Waals surface area contributed by atoms with Gasteiger partial charge >= 0.3 is 0 Å². The van der Waals surface area contributed by atoms with Gasteiger partial charge in [-0.05, 0) is 6.92 Å². The zero-order chi connectivity index (χ0) is 12.2. The van der Waals surface area contributed by atoms with E-state index in [2.05, 4.69) is 5.32 Å². The summed E-state index contributed by atoms with van der Waals surface area (Å²) >= 11 is 0. The first-order valence-electron chi connectivity index (χ1n) is 4.57. The molecule has 2 amide bonds. The molecule has 0 aromatic heterocycles. The lowest BCUT2D eigenvalue weighted by Crippen LogP contribution is -2.57. The monoisotopic (exact) mass is 218 g/mol. The first kappa shape index (κ1) is 13.9. The van der Waals surface area contributed by atoms with Crippen molar-refractivity contribution in [3.8, 4) is 0 Å². The van der Waals surface area contributed by atoms with E-state index in [0.29, 0.717) is 0 Å². The summed E-state index contributed by atoms with van der Waals surface area (Å²) < 4.78 is 0. The number of nitrogens with one attached hydrogen (secondary N) is 1. The Kier molecular flexibility index (Phi) is 4.70. The highest BCUT2D eigenvalue weighted by atomic mass is 16.4. The Bertz CT molecular complexity index is 252. The molecule has 0 aromatic rings. The van der Waals surface area contributed by atoms with Gasteiger partial charge in [0, 0.05) is 20.9 Å². The number of carbonyl (C=O) groups excluding carboxylic acids is 2. The molecule has 6 heteroatoms. The van der Waals surface area contributed by atoms with Gasteiger partial charge in [0.2, 0.25) is 11.8 Å². The van der Waals surface area contributed by atoms with E-state index in [4.69, 9.17) is 0 Å². The summed E-state index contributed by atoms with van der Waals surface area (Å²) in [5, 5.41) is 21.4. The molecule has 0 aliphatic carbocycles. The summed E-state index contributed by atoms with van der Waals surface area (Å²) in [4.78, 5) is 22.8. The molecule has 0 rings (SSSR count). The van der Waals surface area contributed by atoms with E-state index in [1.807, 2.05) is 0 Å². The number of nitrogens with zero attached hydrogens (tertiary/aromatic N) is 1. The Hall–Kier alpha value is -1.14. The van der Waals surface area contributed by atoms with Gasteiger partial charge in [0.1, 0.15) is 6.10 Å². The van der Waals surface area contributed by atoms with Gasteiger partial charge in [-0.25, -0.2) is 0 Å². The maximum absolute atomic E-state index is 10.9. The molecular weight excluding hydrogens is 200 g/mol. The summed E-state index contributed by atoms with van der Waals surface area (Å²) in [7, 11) is 1.50. The van der Waals surface area contributed by atoms with Crippen molar-refractivity contribution in [1.82, 2.24) is 10.2 Å². The summed E-state index contributed by atoms with van der Waals surface area (Å²) in [6.07, 6.45) is -1.24. The predicted molar refractivity (Wildman–Crippen MR) is 53.8 cm³/mol. The van der Waals surface area contributed by atoms with E-state index in [-0.39, 0.29) is 12.5 Å². The van der Waals surface area contributed by atoms with Gasteiger partial charge in [-0.1, -0.05) is 0 Å². The van der Waals surface area contributed by atoms with Crippen LogP contribution < -0.4 is 5.32 Å². The molecular formula is C9H18N2O4. The fourth-order valence-electron chi connectivity index (χ4n) is 1.01. The van der Waals surface area contributed by atoms with Crippen molar-refractivity contribution in [3.05, 3.63) is 0 Å². The first-order valence-corrected chi connectivity index (χ1v) is 4.57. The van der Waals surface area contributed by atoms with Gasteiger partial charge in [0.05, 0.1) is 6.54 Å². The fraction of sp³-hybridized carbons (Fsp3) is 0.778. The molecule has 15 heavy (non-hydrogen) atoms. The van der Waals surface area contributed by atoms with Crippen LogP contribution in [0.2, 0.25) is 0 Å². The van der Waals surface area contributed by atoms with Crippen molar-refractivity contribution in [2.24, 2.45) is 0 Å². The molecule has 0 aromatic carbocycles. The van der Waals surface area contributed by atoms with Crippen molar-refractivity contribution in [2.75, 3.05) is 13.6 Å². The number of aliphatic hydroxyl groups is 2. The molecule has 0 saturated carbocycles. The number of carbonyl (C=O) groups is 2. The van der Waals surface area contributed by atoms with Gasteiger partial charge < -0.3 is 20.4 Å².